The van der Waals surface area contributed by atoms with Gasteiger partial charge in [-0.2, -0.15) is 0 Å². The van der Waals surface area contributed by atoms with Gasteiger partial charge in [0.1, 0.15) is 11.6 Å². The van der Waals surface area contributed by atoms with Crippen molar-refractivity contribution in [3.8, 4) is 0 Å². The second-order valence-electron chi connectivity index (χ2n) is 5.01. The van der Waals surface area contributed by atoms with Crippen molar-refractivity contribution in [2.24, 2.45) is 0 Å². The minimum Gasteiger partial charge on any atom is -0.381 e. The first-order valence-corrected chi connectivity index (χ1v) is 6.72. The zero-order valence-corrected chi connectivity index (χ0v) is 11.2. The molecule has 0 radical (unpaired) electrons. The smallest absolute Gasteiger partial charge is 0.224 e. The van der Waals surface area contributed by atoms with Gasteiger partial charge in [0.05, 0.1) is 0 Å². The topological polar surface area (TPSA) is 41.1 Å². The number of halogens is 2. The van der Waals surface area contributed by atoms with E-state index in [0.29, 0.717) is 18.4 Å². The molecule has 1 aliphatic rings. The van der Waals surface area contributed by atoms with Gasteiger partial charge in [-0.05, 0) is 36.2 Å². The van der Waals surface area contributed by atoms with Crippen molar-refractivity contribution in [3.05, 3.63) is 59.2 Å². The number of aryl methyl sites for hydroxylation is 1. The first-order valence-electron chi connectivity index (χ1n) is 6.72. The van der Waals surface area contributed by atoms with Crippen LogP contribution in [0.2, 0.25) is 0 Å². The molecule has 0 atom stereocenters. The second-order valence-corrected chi connectivity index (χ2v) is 5.01. The molecule has 0 spiro atoms. The quantitative estimate of drug-likeness (QED) is 0.908. The summed E-state index contributed by atoms with van der Waals surface area (Å²) in [6.45, 7) is 0.275. The highest BCUT2D eigenvalue weighted by Crippen LogP contribution is 2.26. The van der Waals surface area contributed by atoms with Crippen LogP contribution < -0.4 is 10.6 Å². The summed E-state index contributed by atoms with van der Waals surface area (Å²) in [5.41, 5.74) is 3.12. The fourth-order valence-electron chi connectivity index (χ4n) is 2.36. The SMILES string of the molecule is O=C1CCc2cc(NCc3ccc(F)cc3F)ccc2N1. The normalized spacial score (nSPS) is 13.5. The summed E-state index contributed by atoms with van der Waals surface area (Å²) in [7, 11) is 0. The number of hydrogen-bond acceptors (Lipinski definition) is 2. The van der Waals surface area contributed by atoms with Crippen LogP contribution in [0.5, 0.6) is 0 Å². The molecular formula is C16H14F2N2O. The maximum absolute atomic E-state index is 13.5. The Morgan fingerprint density at radius 3 is 2.76 bits per heavy atom. The lowest BCUT2D eigenvalue weighted by Gasteiger charge is -2.18. The molecule has 1 aliphatic heterocycles. The molecule has 0 aliphatic carbocycles. The first-order chi connectivity index (χ1) is 10.1. The van der Waals surface area contributed by atoms with Crippen LogP contribution in [-0.4, -0.2) is 5.91 Å². The third-order valence-electron chi connectivity index (χ3n) is 3.50. The van der Waals surface area contributed by atoms with E-state index >= 15 is 0 Å². The molecule has 3 rings (SSSR count). The predicted molar refractivity (Wildman–Crippen MR) is 77.1 cm³/mol. The van der Waals surface area contributed by atoms with E-state index in [1.165, 1.54) is 12.1 Å². The molecule has 0 saturated carbocycles. The van der Waals surface area contributed by atoms with E-state index in [4.69, 9.17) is 0 Å². The highest BCUT2D eigenvalue weighted by atomic mass is 19.1. The van der Waals surface area contributed by atoms with Crippen LogP contribution in [0.15, 0.2) is 36.4 Å². The molecule has 2 aromatic carbocycles. The van der Waals surface area contributed by atoms with Crippen LogP contribution in [0.1, 0.15) is 17.5 Å². The van der Waals surface area contributed by atoms with Crippen LogP contribution in [0.3, 0.4) is 0 Å². The summed E-state index contributed by atoms with van der Waals surface area (Å²) in [5.74, 6) is -1.12. The maximum atomic E-state index is 13.5. The third-order valence-corrected chi connectivity index (χ3v) is 3.50. The second kappa shape index (κ2) is 5.52. The molecular weight excluding hydrogens is 274 g/mol. The summed E-state index contributed by atoms with van der Waals surface area (Å²) < 4.78 is 26.4. The van der Waals surface area contributed by atoms with E-state index < -0.39 is 11.6 Å². The lowest BCUT2D eigenvalue weighted by molar-refractivity contribution is -0.116. The number of carbonyl (C=O) groups excluding carboxylic acids is 1. The Morgan fingerprint density at radius 2 is 1.95 bits per heavy atom. The van der Waals surface area contributed by atoms with E-state index in [1.807, 2.05) is 18.2 Å². The van der Waals surface area contributed by atoms with Crippen molar-refractivity contribution in [3.63, 3.8) is 0 Å². The lowest BCUT2D eigenvalue weighted by Crippen LogP contribution is -2.19. The minimum atomic E-state index is -0.583. The highest BCUT2D eigenvalue weighted by Gasteiger charge is 2.14. The third kappa shape index (κ3) is 3.02. The van der Waals surface area contributed by atoms with Gasteiger partial charge in [-0.15, -0.1) is 0 Å². The van der Waals surface area contributed by atoms with Crippen LogP contribution in [0.4, 0.5) is 20.2 Å². The van der Waals surface area contributed by atoms with Crippen LogP contribution in [0.25, 0.3) is 0 Å². The largest absolute Gasteiger partial charge is 0.381 e. The Morgan fingerprint density at radius 1 is 1.10 bits per heavy atom. The molecule has 1 heterocycles. The number of hydrogen-bond donors (Lipinski definition) is 2. The number of nitrogens with one attached hydrogen (secondary N) is 2. The summed E-state index contributed by atoms with van der Waals surface area (Å²) >= 11 is 0. The molecule has 3 nitrogen and oxygen atoms in total. The molecule has 0 aromatic heterocycles. The number of anilines is 2. The van der Waals surface area contributed by atoms with Gasteiger partial charge in [0.25, 0.3) is 0 Å². The van der Waals surface area contributed by atoms with Crippen molar-refractivity contribution in [2.45, 2.75) is 19.4 Å². The minimum absolute atomic E-state index is 0.0246. The number of fused-ring (bicyclic) bond motifs is 1. The summed E-state index contributed by atoms with van der Waals surface area (Å²) in [6, 6.07) is 9.13. The monoisotopic (exact) mass is 288 g/mol. The van der Waals surface area contributed by atoms with Gasteiger partial charge in [-0.1, -0.05) is 6.07 Å². The molecule has 108 valence electrons. The number of benzene rings is 2. The Kier molecular flexibility index (Phi) is 3.56. The van der Waals surface area contributed by atoms with Crippen LogP contribution in [-0.2, 0) is 17.8 Å². The van der Waals surface area contributed by atoms with Crippen molar-refractivity contribution < 1.29 is 13.6 Å². The fourth-order valence-corrected chi connectivity index (χ4v) is 2.36. The molecule has 1 amide bonds. The fraction of sp³-hybridized carbons (Fsp3) is 0.188. The average molecular weight is 288 g/mol. The van der Waals surface area contributed by atoms with Gasteiger partial charge in [0.15, 0.2) is 0 Å². The first kappa shape index (κ1) is 13.5. The van der Waals surface area contributed by atoms with E-state index in [9.17, 15) is 13.6 Å². The lowest BCUT2D eigenvalue weighted by atomic mass is 10.0. The molecule has 21 heavy (non-hydrogen) atoms. The Labute approximate surface area is 121 Å². The number of rotatable bonds is 3. The van der Waals surface area contributed by atoms with Gasteiger partial charge >= 0.3 is 0 Å². The predicted octanol–water partition coefficient (Wildman–Crippen LogP) is 3.46. The highest BCUT2D eigenvalue weighted by molar-refractivity contribution is 5.94. The summed E-state index contributed by atoms with van der Waals surface area (Å²) in [6.07, 6.45) is 1.17. The number of amides is 1. The van der Waals surface area contributed by atoms with Crippen LogP contribution >= 0.6 is 0 Å². The molecule has 5 heteroatoms. The molecule has 0 fully saturated rings. The molecule has 0 saturated heterocycles. The van der Waals surface area contributed by atoms with Gasteiger partial charge < -0.3 is 10.6 Å². The van der Waals surface area contributed by atoms with Gasteiger partial charge in [0, 0.05) is 36.0 Å². The summed E-state index contributed by atoms with van der Waals surface area (Å²) in [4.78, 5) is 11.3. The average Bonchev–Trinajstić information content (AvgIpc) is 2.46. The van der Waals surface area contributed by atoms with Crippen molar-refractivity contribution in [1.82, 2.24) is 0 Å². The van der Waals surface area contributed by atoms with Crippen molar-refractivity contribution in [2.75, 3.05) is 10.6 Å². The molecule has 2 N–H and O–H groups in total. The maximum Gasteiger partial charge on any atom is 0.224 e. The Hall–Kier alpha value is -2.43. The van der Waals surface area contributed by atoms with Gasteiger partial charge in [-0.25, -0.2) is 8.78 Å². The van der Waals surface area contributed by atoms with Gasteiger partial charge in [0.2, 0.25) is 5.91 Å². The Bertz CT molecular complexity index is 701. The van der Waals surface area contributed by atoms with E-state index in [1.54, 1.807) is 0 Å². The molecule has 2 aromatic rings. The van der Waals surface area contributed by atoms with Crippen molar-refractivity contribution >= 4 is 17.3 Å². The zero-order chi connectivity index (χ0) is 14.8. The van der Waals surface area contributed by atoms with E-state index in [2.05, 4.69) is 10.6 Å². The van der Waals surface area contributed by atoms with E-state index in [0.717, 1.165) is 23.0 Å². The molecule has 0 unspecified atom stereocenters. The van der Waals surface area contributed by atoms with Gasteiger partial charge in [-0.3, -0.25) is 4.79 Å². The number of carbonyl (C=O) groups is 1. The zero-order valence-electron chi connectivity index (χ0n) is 11.2. The van der Waals surface area contributed by atoms with Crippen molar-refractivity contribution in [1.29, 1.82) is 0 Å². The van der Waals surface area contributed by atoms with E-state index in [-0.39, 0.29) is 12.5 Å². The molecule has 0 bridgehead atoms. The summed E-state index contributed by atoms with van der Waals surface area (Å²) in [5, 5.41) is 5.92. The Balaban J connectivity index is 1.72. The van der Waals surface area contributed by atoms with Crippen LogP contribution in [0, 0.1) is 11.6 Å². The standard InChI is InChI=1S/C16H14F2N2O/c17-12-3-1-11(14(18)8-12)9-19-13-4-5-15-10(7-13)2-6-16(21)20-15/h1,3-5,7-8,19H,2,6,9H2,(H,20,21).